The van der Waals surface area contributed by atoms with Crippen LogP contribution in [-0.4, -0.2) is 42.1 Å². The standard InChI is InChI=1S/C8H6ClF3N2O2.C5H4N2O2/c1-2-3-4(6(15)16)5(8(10,11)12)14-7(9)13-3;8-5(9)4-1-6-3-7-2-4/h2H2,1H3,(H,15,16);1-3H,(H,8,9). The van der Waals surface area contributed by atoms with Gasteiger partial charge in [-0.2, -0.15) is 13.2 Å². The van der Waals surface area contributed by atoms with Gasteiger partial charge in [-0.05, 0) is 18.0 Å². The van der Waals surface area contributed by atoms with Gasteiger partial charge in [0.2, 0.25) is 5.28 Å². The van der Waals surface area contributed by atoms with Crippen molar-refractivity contribution in [2.75, 3.05) is 0 Å². The molecule has 0 saturated heterocycles. The first kappa shape index (κ1) is 20.2. The van der Waals surface area contributed by atoms with Crippen LogP contribution in [0.1, 0.15) is 39.0 Å². The molecule has 0 radical (unpaired) electrons. The molecule has 0 aromatic carbocycles. The number of carboxylic acids is 2. The normalized spacial score (nSPS) is 10.6. The van der Waals surface area contributed by atoms with Gasteiger partial charge in [0.25, 0.3) is 0 Å². The molecule has 0 unspecified atom stereocenters. The van der Waals surface area contributed by atoms with Crippen molar-refractivity contribution in [3.05, 3.63) is 46.5 Å². The van der Waals surface area contributed by atoms with Crippen LogP contribution >= 0.6 is 11.6 Å². The highest BCUT2D eigenvalue weighted by Crippen LogP contribution is 2.32. The molecule has 2 rings (SSSR count). The largest absolute Gasteiger partial charge is 0.478 e. The molecule has 134 valence electrons. The van der Waals surface area contributed by atoms with Crippen LogP contribution in [0.3, 0.4) is 0 Å². The van der Waals surface area contributed by atoms with Crippen molar-refractivity contribution in [2.24, 2.45) is 0 Å². The summed E-state index contributed by atoms with van der Waals surface area (Å²) >= 11 is 5.30. The maximum absolute atomic E-state index is 12.5. The molecule has 2 aromatic rings. The summed E-state index contributed by atoms with van der Waals surface area (Å²) in [6, 6.07) is 0. The fraction of sp³-hybridized carbons (Fsp3) is 0.231. The lowest BCUT2D eigenvalue weighted by Gasteiger charge is -2.11. The van der Waals surface area contributed by atoms with Crippen LogP contribution in [0.2, 0.25) is 5.28 Å². The minimum Gasteiger partial charge on any atom is -0.478 e. The summed E-state index contributed by atoms with van der Waals surface area (Å²) in [4.78, 5) is 34.3. The van der Waals surface area contributed by atoms with Crippen molar-refractivity contribution < 1.29 is 33.0 Å². The van der Waals surface area contributed by atoms with E-state index in [1.54, 1.807) is 0 Å². The van der Waals surface area contributed by atoms with Gasteiger partial charge < -0.3 is 10.2 Å². The van der Waals surface area contributed by atoms with Crippen LogP contribution in [0.4, 0.5) is 13.2 Å². The molecule has 0 spiro atoms. The van der Waals surface area contributed by atoms with E-state index in [0.29, 0.717) is 0 Å². The van der Waals surface area contributed by atoms with Crippen molar-refractivity contribution in [1.29, 1.82) is 0 Å². The molecule has 0 aliphatic carbocycles. The van der Waals surface area contributed by atoms with E-state index in [4.69, 9.17) is 21.8 Å². The highest BCUT2D eigenvalue weighted by Gasteiger charge is 2.39. The van der Waals surface area contributed by atoms with E-state index in [-0.39, 0.29) is 17.7 Å². The Labute approximate surface area is 143 Å². The van der Waals surface area contributed by atoms with Crippen molar-refractivity contribution >= 4 is 23.5 Å². The first-order valence-electron chi connectivity index (χ1n) is 6.43. The lowest BCUT2D eigenvalue weighted by molar-refractivity contribution is -0.141. The Morgan fingerprint density at radius 1 is 1.12 bits per heavy atom. The summed E-state index contributed by atoms with van der Waals surface area (Å²) in [6.07, 6.45) is -1.08. The molecule has 0 fully saturated rings. The van der Waals surface area contributed by atoms with Crippen molar-refractivity contribution in [3.8, 4) is 0 Å². The van der Waals surface area contributed by atoms with Crippen LogP contribution in [-0.2, 0) is 12.6 Å². The Balaban J connectivity index is 0.000000293. The predicted octanol–water partition coefficient (Wildman–Crippen LogP) is 2.58. The van der Waals surface area contributed by atoms with Crippen LogP contribution in [0.15, 0.2) is 18.7 Å². The monoisotopic (exact) mass is 378 g/mol. The van der Waals surface area contributed by atoms with E-state index < -0.39 is 34.7 Å². The maximum Gasteiger partial charge on any atom is 0.434 e. The van der Waals surface area contributed by atoms with Gasteiger partial charge >= 0.3 is 18.1 Å². The van der Waals surface area contributed by atoms with Gasteiger partial charge in [0.15, 0.2) is 5.69 Å². The first-order chi connectivity index (χ1) is 11.6. The Morgan fingerprint density at radius 2 is 1.68 bits per heavy atom. The number of carboxylic acid groups (broad SMARTS) is 2. The molecule has 0 saturated carbocycles. The second-order valence-corrected chi connectivity index (χ2v) is 4.59. The average molecular weight is 379 g/mol. The maximum atomic E-state index is 12.5. The summed E-state index contributed by atoms with van der Waals surface area (Å²) in [5.41, 5.74) is -2.59. The van der Waals surface area contributed by atoms with Gasteiger partial charge in [-0.25, -0.2) is 29.5 Å². The molecule has 0 aliphatic heterocycles. The zero-order chi connectivity index (χ0) is 19.2. The molecule has 2 aromatic heterocycles. The zero-order valence-corrected chi connectivity index (χ0v) is 13.2. The van der Waals surface area contributed by atoms with Crippen LogP contribution < -0.4 is 0 Å². The summed E-state index contributed by atoms with van der Waals surface area (Å²) in [6.45, 7) is 1.48. The number of nitrogens with zero attached hydrogens (tertiary/aromatic N) is 4. The lowest BCUT2D eigenvalue weighted by Crippen LogP contribution is -2.19. The molecule has 12 heteroatoms. The fourth-order valence-electron chi connectivity index (χ4n) is 1.57. The van der Waals surface area contributed by atoms with Gasteiger partial charge in [0.05, 0.1) is 11.3 Å². The first-order valence-corrected chi connectivity index (χ1v) is 6.80. The van der Waals surface area contributed by atoms with Gasteiger partial charge in [-0.15, -0.1) is 0 Å². The van der Waals surface area contributed by atoms with E-state index >= 15 is 0 Å². The molecule has 2 N–H and O–H groups in total. The Hall–Kier alpha value is -2.82. The zero-order valence-electron chi connectivity index (χ0n) is 12.5. The van der Waals surface area contributed by atoms with Crippen LogP contribution in [0, 0.1) is 0 Å². The topological polar surface area (TPSA) is 126 Å². The average Bonchev–Trinajstić information content (AvgIpc) is 2.54. The van der Waals surface area contributed by atoms with Crippen LogP contribution in [0.25, 0.3) is 0 Å². The molecule has 0 atom stereocenters. The third-order valence-electron chi connectivity index (χ3n) is 2.58. The van der Waals surface area contributed by atoms with E-state index in [1.807, 2.05) is 0 Å². The number of aryl methyl sites for hydroxylation is 1. The lowest BCUT2D eigenvalue weighted by atomic mass is 10.1. The number of carbonyl (C=O) groups is 2. The number of aromatic carboxylic acids is 2. The minimum absolute atomic E-state index is 0.0208. The number of aromatic nitrogens is 4. The smallest absolute Gasteiger partial charge is 0.434 e. The highest BCUT2D eigenvalue weighted by molar-refractivity contribution is 6.28. The predicted molar refractivity (Wildman–Crippen MR) is 77.4 cm³/mol. The van der Waals surface area contributed by atoms with E-state index in [1.165, 1.54) is 25.6 Å². The number of halogens is 4. The number of hydrogen-bond donors (Lipinski definition) is 2. The van der Waals surface area contributed by atoms with Gasteiger partial charge in [0, 0.05) is 12.4 Å². The minimum atomic E-state index is -4.87. The molecule has 0 aliphatic rings. The summed E-state index contributed by atoms with van der Waals surface area (Å²) in [5.74, 6) is -2.73. The molecular weight excluding hydrogens is 369 g/mol. The third-order valence-corrected chi connectivity index (χ3v) is 2.75. The quantitative estimate of drug-likeness (QED) is 0.780. The number of rotatable bonds is 3. The molecule has 8 nitrogen and oxygen atoms in total. The SMILES string of the molecule is CCc1nc(Cl)nc(C(F)(F)F)c1C(=O)O.O=C(O)c1cncnc1. The van der Waals surface area contributed by atoms with Crippen molar-refractivity contribution in [2.45, 2.75) is 19.5 Å². The molecular formula is C13H10ClF3N4O4. The Bertz CT molecular complexity index is 772. The Morgan fingerprint density at radius 3 is 2.04 bits per heavy atom. The number of alkyl halides is 3. The highest BCUT2D eigenvalue weighted by atomic mass is 35.5. The van der Waals surface area contributed by atoms with Crippen molar-refractivity contribution in [3.63, 3.8) is 0 Å². The molecule has 0 amide bonds. The molecule has 0 bridgehead atoms. The summed E-state index contributed by atoms with van der Waals surface area (Å²) < 4.78 is 37.5. The third kappa shape index (κ3) is 5.64. The van der Waals surface area contributed by atoms with E-state index in [0.717, 1.165) is 0 Å². The fourth-order valence-corrected chi connectivity index (χ4v) is 1.76. The van der Waals surface area contributed by atoms with Crippen LogP contribution in [0.5, 0.6) is 0 Å². The van der Waals surface area contributed by atoms with Crippen molar-refractivity contribution in [1.82, 2.24) is 19.9 Å². The molecule has 2 heterocycles. The number of hydrogen-bond acceptors (Lipinski definition) is 6. The van der Waals surface area contributed by atoms with E-state index in [2.05, 4.69) is 19.9 Å². The second kappa shape index (κ2) is 8.33. The van der Waals surface area contributed by atoms with Gasteiger partial charge in [0.1, 0.15) is 11.9 Å². The van der Waals surface area contributed by atoms with Gasteiger partial charge in [-0.3, -0.25) is 0 Å². The second-order valence-electron chi connectivity index (χ2n) is 4.25. The molecule has 25 heavy (non-hydrogen) atoms. The summed E-state index contributed by atoms with van der Waals surface area (Å²) in [5, 5.41) is 16.4. The van der Waals surface area contributed by atoms with E-state index in [9.17, 15) is 22.8 Å². The Kier molecular flexibility index (Phi) is 6.74. The van der Waals surface area contributed by atoms with Gasteiger partial charge in [-0.1, -0.05) is 6.92 Å². The summed E-state index contributed by atoms with van der Waals surface area (Å²) in [7, 11) is 0.